The van der Waals surface area contributed by atoms with Gasteiger partial charge in [-0.15, -0.1) is 0 Å². The minimum atomic E-state index is -0.591. The average Bonchev–Trinajstić information content (AvgIpc) is 3.22. The molecule has 1 fully saturated rings. The summed E-state index contributed by atoms with van der Waals surface area (Å²) in [6, 6.07) is 1.47. The zero-order chi connectivity index (χ0) is 19.8. The second-order valence-corrected chi connectivity index (χ2v) is 8.09. The zero-order valence-corrected chi connectivity index (χ0v) is 16.7. The van der Waals surface area contributed by atoms with E-state index in [4.69, 9.17) is 22.7 Å². The monoisotopic (exact) mass is 388 g/mol. The number of rotatable bonds is 3. The van der Waals surface area contributed by atoms with Gasteiger partial charge in [-0.1, -0.05) is 12.2 Å². The van der Waals surface area contributed by atoms with E-state index in [0.29, 0.717) is 29.6 Å². The van der Waals surface area contributed by atoms with Gasteiger partial charge in [-0.05, 0) is 40.2 Å². The van der Waals surface area contributed by atoms with Gasteiger partial charge in [0.05, 0.1) is 16.7 Å². The number of thiocarbonyl (C=S) groups is 1. The summed E-state index contributed by atoms with van der Waals surface area (Å²) in [7, 11) is 0. The molecular weight excluding hydrogens is 364 g/mol. The molecule has 1 amide bonds. The lowest BCUT2D eigenvalue weighted by Crippen LogP contribution is -2.39. The Bertz CT molecular complexity index is 846. The van der Waals surface area contributed by atoms with Crippen LogP contribution < -0.4 is 5.73 Å². The molecule has 3 rings (SSSR count). The molecule has 0 radical (unpaired) electrons. The second kappa shape index (κ2) is 7.22. The number of carbonyl (C=O) groups is 1. The van der Waals surface area contributed by atoms with Crippen LogP contribution in [0.15, 0.2) is 24.8 Å². The van der Waals surface area contributed by atoms with Crippen molar-refractivity contribution in [3.8, 4) is 5.95 Å². The first kappa shape index (κ1) is 19.2. The fourth-order valence-corrected chi connectivity index (χ4v) is 3.45. The first-order valence-electron chi connectivity index (χ1n) is 8.78. The standard InChI is InChI=1S/C18H24N6O2S/c1-11-9-13(22-16(21-11)23-8-6-20-10-23)14-12(15(19)27)5-7-24(14)17(25)26-18(2,3)4/h6,8-10,12,14H,5,7H2,1-4H3,(H2,19,27)/t12-,14-/m0/s1. The Hall–Kier alpha value is -2.55. The summed E-state index contributed by atoms with van der Waals surface area (Å²) in [6.45, 7) is 7.91. The summed E-state index contributed by atoms with van der Waals surface area (Å²) in [5, 5.41) is 0. The molecule has 2 atom stereocenters. The van der Waals surface area contributed by atoms with E-state index < -0.39 is 11.7 Å². The van der Waals surface area contributed by atoms with Crippen LogP contribution in [-0.2, 0) is 4.74 Å². The number of nitrogens with zero attached hydrogens (tertiary/aromatic N) is 5. The van der Waals surface area contributed by atoms with E-state index >= 15 is 0 Å². The predicted octanol–water partition coefficient (Wildman–Crippen LogP) is 2.55. The van der Waals surface area contributed by atoms with Gasteiger partial charge in [0.2, 0.25) is 5.95 Å². The minimum absolute atomic E-state index is 0.169. The molecule has 0 aliphatic carbocycles. The van der Waals surface area contributed by atoms with Gasteiger partial charge in [0.15, 0.2) is 0 Å². The lowest BCUT2D eigenvalue weighted by Gasteiger charge is -2.30. The Kier molecular flexibility index (Phi) is 5.14. The first-order valence-corrected chi connectivity index (χ1v) is 9.19. The molecule has 0 spiro atoms. The number of aromatic nitrogens is 4. The van der Waals surface area contributed by atoms with Crippen LogP contribution in [0.2, 0.25) is 0 Å². The van der Waals surface area contributed by atoms with Gasteiger partial charge in [0, 0.05) is 30.6 Å². The highest BCUT2D eigenvalue weighted by molar-refractivity contribution is 7.80. The van der Waals surface area contributed by atoms with Crippen molar-refractivity contribution >= 4 is 23.3 Å². The molecule has 2 aromatic rings. The van der Waals surface area contributed by atoms with Gasteiger partial charge < -0.3 is 10.5 Å². The van der Waals surface area contributed by atoms with Crippen LogP contribution in [0.1, 0.15) is 44.6 Å². The van der Waals surface area contributed by atoms with Gasteiger partial charge in [0.25, 0.3) is 0 Å². The number of ether oxygens (including phenoxy) is 1. The molecule has 27 heavy (non-hydrogen) atoms. The van der Waals surface area contributed by atoms with Crippen LogP contribution in [0.5, 0.6) is 0 Å². The zero-order valence-electron chi connectivity index (χ0n) is 15.9. The molecule has 2 aromatic heterocycles. The number of likely N-dealkylation sites (tertiary alicyclic amines) is 1. The van der Waals surface area contributed by atoms with E-state index in [9.17, 15) is 4.79 Å². The summed E-state index contributed by atoms with van der Waals surface area (Å²) >= 11 is 5.27. The Morgan fingerprint density at radius 2 is 2.11 bits per heavy atom. The molecule has 144 valence electrons. The molecule has 8 nitrogen and oxygen atoms in total. The number of hydrogen-bond donors (Lipinski definition) is 1. The van der Waals surface area contributed by atoms with E-state index in [-0.39, 0.29) is 12.0 Å². The van der Waals surface area contributed by atoms with Crippen molar-refractivity contribution in [1.82, 2.24) is 24.4 Å². The molecule has 9 heteroatoms. The Morgan fingerprint density at radius 3 is 2.70 bits per heavy atom. The van der Waals surface area contributed by atoms with Crippen LogP contribution in [0.25, 0.3) is 5.95 Å². The molecular formula is C18H24N6O2S. The molecule has 2 N–H and O–H groups in total. The maximum atomic E-state index is 12.8. The fraction of sp³-hybridized carbons (Fsp3) is 0.500. The van der Waals surface area contributed by atoms with E-state index in [1.54, 1.807) is 28.2 Å². The molecule has 3 heterocycles. The topological polar surface area (TPSA) is 99.2 Å². The van der Waals surface area contributed by atoms with Crippen LogP contribution >= 0.6 is 12.2 Å². The number of aryl methyl sites for hydroxylation is 1. The Balaban J connectivity index is 2.01. The van der Waals surface area contributed by atoms with Gasteiger partial charge in [-0.3, -0.25) is 9.47 Å². The highest BCUT2D eigenvalue weighted by atomic mass is 32.1. The quantitative estimate of drug-likeness (QED) is 0.807. The van der Waals surface area contributed by atoms with Crippen molar-refractivity contribution in [2.45, 2.75) is 45.8 Å². The lowest BCUT2D eigenvalue weighted by molar-refractivity contribution is 0.0212. The third-order valence-corrected chi connectivity index (χ3v) is 4.59. The van der Waals surface area contributed by atoms with E-state index in [1.807, 2.05) is 33.8 Å². The van der Waals surface area contributed by atoms with Gasteiger partial charge >= 0.3 is 6.09 Å². The van der Waals surface area contributed by atoms with Crippen molar-refractivity contribution in [2.75, 3.05) is 6.54 Å². The van der Waals surface area contributed by atoms with E-state index in [2.05, 4.69) is 15.0 Å². The Labute approximate surface area is 163 Å². The number of carbonyl (C=O) groups excluding carboxylic acids is 1. The molecule has 0 unspecified atom stereocenters. The van der Waals surface area contributed by atoms with Crippen molar-refractivity contribution in [3.05, 3.63) is 36.2 Å². The smallest absolute Gasteiger partial charge is 0.410 e. The molecule has 1 aliphatic heterocycles. The van der Waals surface area contributed by atoms with E-state index in [1.165, 1.54) is 0 Å². The normalized spacial score (nSPS) is 19.9. The van der Waals surface area contributed by atoms with Crippen molar-refractivity contribution in [1.29, 1.82) is 0 Å². The van der Waals surface area contributed by atoms with Crippen LogP contribution in [0, 0.1) is 12.8 Å². The molecule has 0 aromatic carbocycles. The summed E-state index contributed by atoms with van der Waals surface area (Å²) in [6.07, 6.45) is 5.33. The number of hydrogen-bond acceptors (Lipinski definition) is 6. The first-order chi connectivity index (χ1) is 12.7. The summed E-state index contributed by atoms with van der Waals surface area (Å²) in [4.78, 5) is 28.0. The highest BCUT2D eigenvalue weighted by Gasteiger charge is 2.42. The average molecular weight is 388 g/mol. The number of imidazole rings is 1. The van der Waals surface area contributed by atoms with Crippen LogP contribution in [0.4, 0.5) is 4.79 Å². The molecule has 1 aliphatic rings. The number of nitrogens with two attached hydrogens (primary N) is 1. The van der Waals surface area contributed by atoms with Gasteiger partial charge in [0.1, 0.15) is 11.9 Å². The van der Waals surface area contributed by atoms with Crippen molar-refractivity contribution in [3.63, 3.8) is 0 Å². The van der Waals surface area contributed by atoms with Gasteiger partial charge in [-0.2, -0.15) is 0 Å². The summed E-state index contributed by atoms with van der Waals surface area (Å²) in [5.41, 5.74) is 6.86. The third kappa shape index (κ3) is 4.24. The largest absolute Gasteiger partial charge is 0.444 e. The number of amides is 1. The summed E-state index contributed by atoms with van der Waals surface area (Å²) < 4.78 is 7.30. The maximum absolute atomic E-state index is 12.8. The van der Waals surface area contributed by atoms with E-state index in [0.717, 1.165) is 5.69 Å². The van der Waals surface area contributed by atoms with Crippen LogP contribution in [-0.4, -0.2) is 47.6 Å². The molecule has 1 saturated heterocycles. The minimum Gasteiger partial charge on any atom is -0.444 e. The highest BCUT2D eigenvalue weighted by Crippen LogP contribution is 2.38. The second-order valence-electron chi connectivity index (χ2n) is 7.62. The molecule has 0 bridgehead atoms. The summed E-state index contributed by atoms with van der Waals surface area (Å²) in [5.74, 6) is 0.317. The SMILES string of the molecule is Cc1cc([C@@H]2[C@@H](C(N)=S)CCN2C(=O)OC(C)(C)C)nc(-n2ccnc2)n1. The van der Waals surface area contributed by atoms with Crippen molar-refractivity contribution in [2.24, 2.45) is 11.7 Å². The van der Waals surface area contributed by atoms with Gasteiger partial charge in [-0.25, -0.2) is 19.7 Å². The predicted molar refractivity (Wildman–Crippen MR) is 104 cm³/mol. The lowest BCUT2D eigenvalue weighted by atomic mass is 9.97. The maximum Gasteiger partial charge on any atom is 0.410 e. The third-order valence-electron chi connectivity index (χ3n) is 4.29. The van der Waals surface area contributed by atoms with Crippen LogP contribution in [0.3, 0.4) is 0 Å². The molecule has 0 saturated carbocycles. The Morgan fingerprint density at radius 1 is 1.37 bits per heavy atom. The fourth-order valence-electron chi connectivity index (χ4n) is 3.20. The van der Waals surface area contributed by atoms with Crippen molar-refractivity contribution < 1.29 is 9.53 Å².